The van der Waals surface area contributed by atoms with Crippen molar-refractivity contribution < 1.29 is 24.5 Å². The van der Waals surface area contributed by atoms with E-state index in [9.17, 15) is 14.7 Å². The Morgan fingerprint density at radius 2 is 2.21 bits per heavy atom. The molecule has 0 saturated heterocycles. The molecule has 2 aromatic rings. The number of carbonyl (C=O) groups excluding carboxylic acids is 1. The van der Waals surface area contributed by atoms with Crippen molar-refractivity contribution in [1.29, 1.82) is 0 Å². The van der Waals surface area contributed by atoms with Crippen LogP contribution in [-0.4, -0.2) is 49.8 Å². The Kier molecular flexibility index (Phi) is 4.50. The molecule has 1 aliphatic rings. The first-order chi connectivity index (χ1) is 11.6. The lowest BCUT2D eigenvalue weighted by atomic mass is 9.83. The minimum absolute atomic E-state index is 0.108. The number of nitrogens with zero attached hydrogens (tertiary/aromatic N) is 3. The lowest BCUT2D eigenvalue weighted by Crippen LogP contribution is -2.29. The Morgan fingerprint density at radius 3 is 2.88 bits per heavy atom. The first-order valence-corrected chi connectivity index (χ1v) is 7.74. The van der Waals surface area contributed by atoms with Crippen LogP contribution in [0.3, 0.4) is 0 Å². The summed E-state index contributed by atoms with van der Waals surface area (Å²) in [6.45, 7) is -0.0676. The highest BCUT2D eigenvalue weighted by atomic mass is 16.5. The number of aromatic nitrogens is 3. The molecule has 1 aliphatic carbocycles. The van der Waals surface area contributed by atoms with E-state index < -0.39 is 18.4 Å². The van der Waals surface area contributed by atoms with E-state index in [1.165, 1.54) is 36.2 Å². The molecule has 9 heteroatoms. The van der Waals surface area contributed by atoms with E-state index in [0.717, 1.165) is 6.42 Å². The molecule has 1 fully saturated rings. The highest BCUT2D eigenvalue weighted by Gasteiger charge is 2.22. The van der Waals surface area contributed by atoms with Gasteiger partial charge in [-0.05, 0) is 12.3 Å². The molecule has 128 valence electrons. The molecule has 0 aromatic carbocycles. The Hall–Kier alpha value is -2.84. The third-order valence-corrected chi connectivity index (χ3v) is 4.12. The zero-order chi connectivity index (χ0) is 17.1. The van der Waals surface area contributed by atoms with Crippen LogP contribution in [0.25, 0.3) is 5.65 Å². The van der Waals surface area contributed by atoms with Gasteiger partial charge in [0.05, 0.1) is 6.61 Å². The number of carboxylic acids is 1. The van der Waals surface area contributed by atoms with Crippen molar-refractivity contribution in [2.75, 3.05) is 13.2 Å². The van der Waals surface area contributed by atoms with E-state index in [-0.39, 0.29) is 22.8 Å². The molecule has 0 unspecified atom stereocenters. The third kappa shape index (κ3) is 3.24. The summed E-state index contributed by atoms with van der Waals surface area (Å²) < 4.78 is 6.99. The summed E-state index contributed by atoms with van der Waals surface area (Å²) in [5, 5.41) is 25.0. The normalized spacial score (nSPS) is 14.3. The summed E-state index contributed by atoms with van der Waals surface area (Å²) in [5.74, 6) is -1.29. The molecule has 24 heavy (non-hydrogen) atoms. The van der Waals surface area contributed by atoms with Crippen LogP contribution >= 0.6 is 0 Å². The predicted molar refractivity (Wildman–Crippen MR) is 82.1 cm³/mol. The number of fused-ring (bicyclic) bond motifs is 1. The summed E-state index contributed by atoms with van der Waals surface area (Å²) in [4.78, 5) is 26.6. The average molecular weight is 334 g/mol. The fraction of sp³-hybridized carbons (Fsp3) is 0.467. The van der Waals surface area contributed by atoms with Crippen LogP contribution in [0.4, 0.5) is 0 Å². The Labute approximate surface area is 137 Å². The molecular formula is C15H18N4O5. The second-order valence-electron chi connectivity index (χ2n) is 5.75. The number of pyridine rings is 1. The van der Waals surface area contributed by atoms with Crippen molar-refractivity contribution in [1.82, 2.24) is 19.9 Å². The number of nitrogens with one attached hydrogen (secondary N) is 1. The Morgan fingerprint density at radius 1 is 1.42 bits per heavy atom. The second-order valence-corrected chi connectivity index (χ2v) is 5.75. The van der Waals surface area contributed by atoms with Gasteiger partial charge in [0, 0.05) is 6.07 Å². The van der Waals surface area contributed by atoms with E-state index in [0.29, 0.717) is 12.5 Å². The van der Waals surface area contributed by atoms with Gasteiger partial charge in [0.25, 0.3) is 5.91 Å². The van der Waals surface area contributed by atoms with Crippen LogP contribution in [-0.2, 0) is 4.79 Å². The van der Waals surface area contributed by atoms with Crippen molar-refractivity contribution in [2.45, 2.75) is 25.7 Å². The van der Waals surface area contributed by atoms with Gasteiger partial charge in [-0.3, -0.25) is 9.59 Å². The summed E-state index contributed by atoms with van der Waals surface area (Å²) in [6.07, 6.45) is 5.87. The van der Waals surface area contributed by atoms with Crippen molar-refractivity contribution >= 4 is 17.5 Å². The molecule has 2 aromatic heterocycles. The minimum Gasteiger partial charge on any atom is -0.507 e. The Bertz CT molecular complexity index is 769. The first kappa shape index (κ1) is 16.0. The van der Waals surface area contributed by atoms with E-state index in [1.54, 1.807) is 0 Å². The molecule has 1 saturated carbocycles. The fourth-order valence-corrected chi connectivity index (χ4v) is 2.61. The molecule has 0 spiro atoms. The molecule has 2 heterocycles. The van der Waals surface area contributed by atoms with Gasteiger partial charge < -0.3 is 20.3 Å². The van der Waals surface area contributed by atoms with Gasteiger partial charge in [-0.2, -0.15) is 9.61 Å². The van der Waals surface area contributed by atoms with E-state index in [1.807, 2.05) is 0 Å². The van der Waals surface area contributed by atoms with Crippen molar-refractivity contribution in [3.63, 3.8) is 0 Å². The number of carbonyl (C=O) groups is 2. The summed E-state index contributed by atoms with van der Waals surface area (Å²) in [6, 6.07) is 1.29. The number of amides is 1. The molecule has 3 N–H and O–H groups in total. The molecule has 0 radical (unpaired) electrons. The average Bonchev–Trinajstić information content (AvgIpc) is 2.96. The summed E-state index contributed by atoms with van der Waals surface area (Å²) in [5.41, 5.74) is -0.0309. The lowest BCUT2D eigenvalue weighted by Gasteiger charge is -2.25. The van der Waals surface area contributed by atoms with Gasteiger partial charge >= 0.3 is 5.97 Å². The van der Waals surface area contributed by atoms with Gasteiger partial charge in [0.2, 0.25) is 5.88 Å². The number of ether oxygens (including phenoxy) is 1. The molecule has 0 atom stereocenters. The first-order valence-electron chi connectivity index (χ1n) is 7.74. The Balaban J connectivity index is 1.80. The van der Waals surface area contributed by atoms with Gasteiger partial charge in [0.1, 0.15) is 24.2 Å². The zero-order valence-corrected chi connectivity index (χ0v) is 12.9. The predicted octanol–water partition coefficient (Wildman–Crippen LogP) is 0.818. The van der Waals surface area contributed by atoms with Crippen molar-refractivity contribution in [3.05, 3.63) is 18.0 Å². The van der Waals surface area contributed by atoms with Crippen LogP contribution in [0, 0.1) is 5.92 Å². The molecule has 0 aliphatic heterocycles. The summed E-state index contributed by atoms with van der Waals surface area (Å²) >= 11 is 0. The van der Waals surface area contributed by atoms with Crippen LogP contribution in [0.2, 0.25) is 0 Å². The smallest absolute Gasteiger partial charge is 0.322 e. The van der Waals surface area contributed by atoms with Gasteiger partial charge in [-0.1, -0.05) is 19.3 Å². The number of hydrogen-bond donors (Lipinski definition) is 3. The molecule has 0 bridgehead atoms. The molecule has 9 nitrogen and oxygen atoms in total. The quantitative estimate of drug-likeness (QED) is 0.684. The SMILES string of the molecule is O=C(O)CNC(=O)c1c(O)cc(OCCC2CCC2)n2ncnc12. The van der Waals surface area contributed by atoms with Crippen molar-refractivity contribution in [3.8, 4) is 11.6 Å². The highest BCUT2D eigenvalue weighted by Crippen LogP contribution is 2.30. The number of carboxylic acid groups (broad SMARTS) is 1. The monoisotopic (exact) mass is 334 g/mol. The zero-order valence-electron chi connectivity index (χ0n) is 12.9. The summed E-state index contributed by atoms with van der Waals surface area (Å²) in [7, 11) is 0. The number of hydrogen-bond acceptors (Lipinski definition) is 6. The van der Waals surface area contributed by atoms with Gasteiger partial charge in [-0.15, -0.1) is 0 Å². The van der Waals surface area contributed by atoms with E-state index >= 15 is 0 Å². The van der Waals surface area contributed by atoms with Crippen molar-refractivity contribution in [2.24, 2.45) is 5.92 Å². The van der Waals surface area contributed by atoms with Gasteiger partial charge in [0.15, 0.2) is 5.65 Å². The highest BCUT2D eigenvalue weighted by molar-refractivity contribution is 6.03. The maximum Gasteiger partial charge on any atom is 0.322 e. The van der Waals surface area contributed by atoms with Crippen LogP contribution in [0.1, 0.15) is 36.0 Å². The lowest BCUT2D eigenvalue weighted by molar-refractivity contribution is -0.135. The van der Waals surface area contributed by atoms with E-state index in [4.69, 9.17) is 9.84 Å². The third-order valence-electron chi connectivity index (χ3n) is 4.12. The fourth-order valence-electron chi connectivity index (χ4n) is 2.61. The maximum atomic E-state index is 12.1. The maximum absolute atomic E-state index is 12.1. The van der Waals surface area contributed by atoms with Crippen LogP contribution in [0.15, 0.2) is 12.4 Å². The van der Waals surface area contributed by atoms with E-state index in [2.05, 4.69) is 15.4 Å². The molecular weight excluding hydrogens is 316 g/mol. The van der Waals surface area contributed by atoms with Crippen LogP contribution < -0.4 is 10.1 Å². The standard InChI is InChI=1S/C15H18N4O5/c20-10-6-11(24-5-4-9-2-1-3-9)19-14(17-8-18-19)13(10)15(23)16-7-12(21)22/h6,8-9,20H,1-5,7H2,(H,16,23)(H,21,22). The number of aliphatic carboxylic acids is 1. The van der Waals surface area contributed by atoms with Gasteiger partial charge in [-0.25, -0.2) is 4.98 Å². The molecule has 3 rings (SSSR count). The second kappa shape index (κ2) is 6.73. The number of rotatable bonds is 7. The minimum atomic E-state index is -1.18. The topological polar surface area (TPSA) is 126 Å². The molecule has 1 amide bonds. The van der Waals surface area contributed by atoms with Crippen LogP contribution in [0.5, 0.6) is 11.6 Å². The number of aromatic hydroxyl groups is 1. The largest absolute Gasteiger partial charge is 0.507 e.